The molecule has 0 unspecified atom stereocenters. The summed E-state index contributed by atoms with van der Waals surface area (Å²) < 4.78 is 41.7. The van der Waals surface area contributed by atoms with E-state index >= 15 is 0 Å². The van der Waals surface area contributed by atoms with E-state index in [0.29, 0.717) is 52.9 Å². The van der Waals surface area contributed by atoms with Gasteiger partial charge in [-0.1, -0.05) is 23.7 Å². The Morgan fingerprint density at radius 3 is 2.42 bits per heavy atom. The highest BCUT2D eigenvalue weighted by atomic mass is 35.5. The summed E-state index contributed by atoms with van der Waals surface area (Å²) in [5, 5.41) is 6.41. The standard InChI is InChI=1S/C30H41ClN4O7S/c1-20-13-25(40-6)14-21(2)27(20)43(38,39)19-32-10-12-41-18-24(36)17-33-16-23-8-7-22(15-26(23)31)28-34-9-11-35(28)29(37)42-30(3,4)5/h7-8,13-15,32-33H,9-12,16-19H2,1-6H3. The Labute approximate surface area is 258 Å². The minimum Gasteiger partial charge on any atom is -0.497 e. The number of sulfone groups is 1. The van der Waals surface area contributed by atoms with Gasteiger partial charge in [-0.15, -0.1) is 0 Å². The third-order valence-electron chi connectivity index (χ3n) is 6.36. The highest BCUT2D eigenvalue weighted by Gasteiger charge is 2.29. The van der Waals surface area contributed by atoms with Gasteiger partial charge in [0.15, 0.2) is 15.6 Å². The van der Waals surface area contributed by atoms with Gasteiger partial charge in [0.05, 0.1) is 38.2 Å². The van der Waals surface area contributed by atoms with Gasteiger partial charge in [-0.25, -0.2) is 13.2 Å². The van der Waals surface area contributed by atoms with Crippen LogP contribution in [0.15, 0.2) is 40.2 Å². The molecule has 1 heterocycles. The van der Waals surface area contributed by atoms with Gasteiger partial charge in [-0.3, -0.25) is 14.7 Å². The fraction of sp³-hybridized carbons (Fsp3) is 0.500. The molecule has 3 rings (SSSR count). The molecule has 11 nitrogen and oxygen atoms in total. The zero-order chi connectivity index (χ0) is 31.8. The van der Waals surface area contributed by atoms with Crippen molar-refractivity contribution in [3.8, 4) is 5.75 Å². The Hall–Kier alpha value is -3.03. The monoisotopic (exact) mass is 636 g/mol. The third kappa shape index (κ3) is 10.0. The van der Waals surface area contributed by atoms with Gasteiger partial charge in [-0.05, 0) is 69.5 Å². The number of ether oxygens (including phenoxy) is 3. The molecule has 236 valence electrons. The summed E-state index contributed by atoms with van der Waals surface area (Å²) in [6.45, 7) is 10.6. The Morgan fingerprint density at radius 2 is 1.79 bits per heavy atom. The summed E-state index contributed by atoms with van der Waals surface area (Å²) >= 11 is 6.50. The maximum Gasteiger partial charge on any atom is 0.416 e. The smallest absolute Gasteiger partial charge is 0.416 e. The van der Waals surface area contributed by atoms with Crippen LogP contribution in [0.2, 0.25) is 5.02 Å². The lowest BCUT2D eigenvalue weighted by Crippen LogP contribution is -2.39. The predicted molar refractivity (Wildman–Crippen MR) is 166 cm³/mol. The molecule has 0 radical (unpaired) electrons. The fourth-order valence-corrected chi connectivity index (χ4v) is 6.44. The van der Waals surface area contributed by atoms with Crippen LogP contribution in [0.4, 0.5) is 4.79 Å². The number of Topliss-reactive ketones (excluding diaryl/α,β-unsaturated/α-hetero) is 1. The van der Waals surface area contributed by atoms with E-state index in [-0.39, 0.29) is 42.9 Å². The molecule has 0 spiro atoms. The molecule has 0 atom stereocenters. The number of amidine groups is 1. The molecule has 1 amide bonds. The summed E-state index contributed by atoms with van der Waals surface area (Å²) in [5.41, 5.74) is 2.13. The van der Waals surface area contributed by atoms with E-state index in [0.717, 1.165) is 5.56 Å². The van der Waals surface area contributed by atoms with Crippen LogP contribution in [0.1, 0.15) is 43.0 Å². The summed E-state index contributed by atoms with van der Waals surface area (Å²) in [6.07, 6.45) is -0.453. The van der Waals surface area contributed by atoms with Gasteiger partial charge in [0.2, 0.25) is 0 Å². The number of halogens is 1. The molecule has 0 saturated heterocycles. The molecule has 0 saturated carbocycles. The molecule has 0 bridgehead atoms. The van der Waals surface area contributed by atoms with Gasteiger partial charge >= 0.3 is 6.09 Å². The Balaban J connectivity index is 1.38. The molecule has 1 aliphatic heterocycles. The van der Waals surface area contributed by atoms with Crippen LogP contribution in [-0.4, -0.2) is 89.0 Å². The zero-order valence-electron chi connectivity index (χ0n) is 25.6. The number of benzene rings is 2. The highest BCUT2D eigenvalue weighted by Crippen LogP contribution is 2.26. The number of methoxy groups -OCH3 is 1. The summed E-state index contributed by atoms with van der Waals surface area (Å²) in [5.74, 6) is 0.726. The molecule has 0 aromatic heterocycles. The van der Waals surface area contributed by atoms with Gasteiger partial charge in [0.25, 0.3) is 0 Å². The van der Waals surface area contributed by atoms with Crippen LogP contribution in [0.3, 0.4) is 0 Å². The highest BCUT2D eigenvalue weighted by molar-refractivity contribution is 7.91. The molecule has 0 aliphatic carbocycles. The third-order valence-corrected chi connectivity index (χ3v) is 8.56. The first-order chi connectivity index (χ1) is 20.2. The lowest BCUT2D eigenvalue weighted by Gasteiger charge is -2.25. The predicted octanol–water partition coefficient (Wildman–Crippen LogP) is 3.66. The average Bonchev–Trinajstić information content (AvgIpc) is 3.40. The van der Waals surface area contributed by atoms with E-state index in [1.165, 1.54) is 12.0 Å². The lowest BCUT2D eigenvalue weighted by molar-refractivity contribution is -0.122. The van der Waals surface area contributed by atoms with Crippen LogP contribution in [0.5, 0.6) is 5.75 Å². The first-order valence-corrected chi connectivity index (χ1v) is 16.0. The molecule has 2 aromatic rings. The van der Waals surface area contributed by atoms with Gasteiger partial charge in [-0.2, -0.15) is 0 Å². The largest absolute Gasteiger partial charge is 0.497 e. The Bertz CT molecular complexity index is 1430. The van der Waals surface area contributed by atoms with Crippen LogP contribution in [-0.2, 0) is 30.7 Å². The van der Waals surface area contributed by atoms with Crippen molar-refractivity contribution in [3.63, 3.8) is 0 Å². The molecule has 13 heteroatoms. The number of aryl methyl sites for hydroxylation is 2. The second-order valence-corrected chi connectivity index (χ2v) is 13.5. The molecule has 0 fully saturated rings. The topological polar surface area (TPSA) is 136 Å². The van der Waals surface area contributed by atoms with Crippen molar-refractivity contribution in [2.24, 2.45) is 4.99 Å². The lowest BCUT2D eigenvalue weighted by atomic mass is 10.1. The van der Waals surface area contributed by atoms with Gasteiger partial charge in [0, 0.05) is 23.7 Å². The van der Waals surface area contributed by atoms with Gasteiger partial charge < -0.3 is 24.8 Å². The molecular formula is C30H41ClN4O7S. The Kier molecular flexibility index (Phi) is 12.1. The second kappa shape index (κ2) is 15.1. The number of hydrogen-bond donors (Lipinski definition) is 2. The first-order valence-electron chi connectivity index (χ1n) is 13.9. The average molecular weight is 637 g/mol. The van der Waals surface area contributed by atoms with E-state index in [9.17, 15) is 18.0 Å². The van der Waals surface area contributed by atoms with E-state index in [2.05, 4.69) is 15.6 Å². The van der Waals surface area contributed by atoms with Crippen molar-refractivity contribution < 1.29 is 32.2 Å². The number of rotatable bonds is 14. The summed E-state index contributed by atoms with van der Waals surface area (Å²) in [6, 6.07) is 8.79. The number of ketones is 1. The zero-order valence-corrected chi connectivity index (χ0v) is 27.2. The molecule has 1 aliphatic rings. The molecule has 43 heavy (non-hydrogen) atoms. The maximum atomic E-state index is 12.8. The number of aliphatic imine (C=N–C) groups is 1. The summed E-state index contributed by atoms with van der Waals surface area (Å²) in [7, 11) is -2.01. The van der Waals surface area contributed by atoms with E-state index in [1.807, 2.05) is 32.9 Å². The van der Waals surface area contributed by atoms with Crippen molar-refractivity contribution in [2.75, 3.05) is 52.4 Å². The van der Waals surface area contributed by atoms with Crippen molar-refractivity contribution in [1.29, 1.82) is 0 Å². The number of carbonyl (C=O) groups is 2. The molecule has 2 N–H and O–H groups in total. The van der Waals surface area contributed by atoms with Crippen molar-refractivity contribution >= 4 is 39.2 Å². The van der Waals surface area contributed by atoms with Crippen LogP contribution < -0.4 is 15.4 Å². The quantitative estimate of drug-likeness (QED) is 0.298. The Morgan fingerprint density at radius 1 is 1.09 bits per heavy atom. The van der Waals surface area contributed by atoms with Crippen LogP contribution in [0, 0.1) is 13.8 Å². The van der Waals surface area contributed by atoms with Crippen molar-refractivity contribution in [1.82, 2.24) is 15.5 Å². The van der Waals surface area contributed by atoms with E-state index in [4.69, 9.17) is 25.8 Å². The maximum absolute atomic E-state index is 12.8. The van der Waals surface area contributed by atoms with Gasteiger partial charge in [0.1, 0.15) is 29.7 Å². The van der Waals surface area contributed by atoms with E-state index < -0.39 is 21.5 Å². The molecule has 2 aromatic carbocycles. The molecular weight excluding hydrogens is 596 g/mol. The van der Waals surface area contributed by atoms with Crippen molar-refractivity contribution in [3.05, 3.63) is 57.6 Å². The number of carbonyl (C=O) groups excluding carboxylic acids is 2. The minimum atomic E-state index is -3.55. The van der Waals surface area contributed by atoms with Crippen molar-refractivity contribution in [2.45, 2.75) is 51.7 Å². The summed E-state index contributed by atoms with van der Waals surface area (Å²) in [4.78, 5) is 31.0. The number of nitrogens with zero attached hydrogens (tertiary/aromatic N) is 2. The number of nitrogens with one attached hydrogen (secondary N) is 2. The SMILES string of the molecule is COc1cc(C)c(S(=O)(=O)CNCCOCC(=O)CNCc2ccc(C3=NCCN3C(=O)OC(C)(C)C)cc2Cl)c(C)c1. The minimum absolute atomic E-state index is 0.0784. The normalized spacial score (nSPS) is 13.7. The number of amides is 1. The fourth-order valence-electron chi connectivity index (χ4n) is 4.53. The second-order valence-electron chi connectivity index (χ2n) is 11.2. The first kappa shape index (κ1) is 34.5. The van der Waals surface area contributed by atoms with Crippen LogP contribution in [0.25, 0.3) is 0 Å². The van der Waals surface area contributed by atoms with Crippen LogP contribution >= 0.6 is 11.6 Å². The number of hydrogen-bond acceptors (Lipinski definition) is 10. The van der Waals surface area contributed by atoms with E-state index in [1.54, 1.807) is 32.0 Å².